The fourth-order valence-electron chi connectivity index (χ4n) is 2.81. The molecule has 0 fully saturated rings. The Bertz CT molecular complexity index is 1060. The number of aliphatic imine (C=N–C) groups is 1. The number of anilines is 1. The van der Waals surface area contributed by atoms with Crippen molar-refractivity contribution in [2.75, 3.05) is 5.32 Å². The zero-order chi connectivity index (χ0) is 18.1. The minimum absolute atomic E-state index is 0.341. The van der Waals surface area contributed by atoms with E-state index in [1.807, 2.05) is 30.3 Å². The van der Waals surface area contributed by atoms with Crippen LogP contribution in [0, 0.1) is 0 Å². The first-order valence-corrected chi connectivity index (χ1v) is 8.42. The second-order valence-corrected chi connectivity index (χ2v) is 6.38. The van der Waals surface area contributed by atoms with Crippen LogP contribution in [0.1, 0.15) is 10.4 Å². The Morgan fingerprint density at radius 2 is 1.85 bits per heavy atom. The summed E-state index contributed by atoms with van der Waals surface area (Å²) in [4.78, 5) is 29.2. The fraction of sp³-hybridized carbons (Fsp3) is 0.0500. The zero-order valence-electron chi connectivity index (χ0n) is 13.6. The lowest BCUT2D eigenvalue weighted by atomic mass is 10.1. The number of hydrogen-bond donors (Lipinski definition) is 2. The van der Waals surface area contributed by atoms with Crippen molar-refractivity contribution in [1.29, 1.82) is 0 Å². The van der Waals surface area contributed by atoms with Gasteiger partial charge in [-0.2, -0.15) is 0 Å². The predicted molar refractivity (Wildman–Crippen MR) is 103 cm³/mol. The first-order chi connectivity index (χ1) is 12.6. The summed E-state index contributed by atoms with van der Waals surface area (Å²) in [6.45, 7) is 0. The Morgan fingerprint density at radius 3 is 2.69 bits per heavy atom. The van der Waals surface area contributed by atoms with Gasteiger partial charge in [-0.15, -0.1) is 0 Å². The number of nitrogens with zero attached hydrogens (tertiary/aromatic N) is 1. The number of halogens is 1. The number of nitrogens with one attached hydrogen (secondary N) is 2. The molecule has 5 nitrogen and oxygen atoms in total. The molecule has 26 heavy (non-hydrogen) atoms. The molecule has 0 spiro atoms. The topological polar surface area (TPSA) is 70.6 Å². The molecule has 0 aromatic heterocycles. The highest BCUT2D eigenvalue weighted by Gasteiger charge is 2.23. The van der Waals surface area contributed by atoms with Crippen LogP contribution in [0.15, 0.2) is 65.7 Å². The maximum absolute atomic E-state index is 12.6. The fourth-order valence-corrected chi connectivity index (χ4v) is 2.98. The molecule has 3 aromatic rings. The molecule has 2 N–H and O–H groups in total. The van der Waals surface area contributed by atoms with Gasteiger partial charge in [0.05, 0.1) is 11.4 Å². The summed E-state index contributed by atoms with van der Waals surface area (Å²) in [6.07, 6.45) is 1.42. The molecule has 1 unspecified atom stereocenters. The molecule has 1 aliphatic rings. The van der Waals surface area contributed by atoms with Gasteiger partial charge < -0.3 is 10.6 Å². The standard InChI is InChI=1S/C20H14ClN3O2/c21-15-7-8-16-17(10-15)23-20(26)18(11-22-16)24-19(25)14-6-5-12-3-1-2-4-13(12)9-14/h1-11,18H,(H,23,26)(H,24,25). The SMILES string of the molecule is O=C(NC1C=Nc2ccc(Cl)cc2NC1=O)c1ccc2ccccc2c1. The summed E-state index contributed by atoms with van der Waals surface area (Å²) in [5, 5.41) is 7.95. The maximum Gasteiger partial charge on any atom is 0.252 e. The molecule has 128 valence electrons. The van der Waals surface area contributed by atoms with E-state index in [2.05, 4.69) is 15.6 Å². The van der Waals surface area contributed by atoms with E-state index in [1.165, 1.54) is 6.21 Å². The van der Waals surface area contributed by atoms with E-state index in [0.29, 0.717) is 22.0 Å². The normalized spacial score (nSPS) is 15.9. The Balaban J connectivity index is 1.56. The van der Waals surface area contributed by atoms with Crippen LogP contribution in [-0.4, -0.2) is 24.1 Å². The van der Waals surface area contributed by atoms with E-state index in [-0.39, 0.29) is 11.8 Å². The zero-order valence-corrected chi connectivity index (χ0v) is 14.3. The average Bonchev–Trinajstić information content (AvgIpc) is 2.79. The van der Waals surface area contributed by atoms with Crippen molar-refractivity contribution in [3.05, 3.63) is 71.2 Å². The number of rotatable bonds is 2. The molecule has 0 saturated carbocycles. The predicted octanol–water partition coefficient (Wildman–Crippen LogP) is 3.95. The average molecular weight is 364 g/mol. The smallest absolute Gasteiger partial charge is 0.252 e. The summed E-state index contributed by atoms with van der Waals surface area (Å²) in [7, 11) is 0. The van der Waals surface area contributed by atoms with E-state index in [1.54, 1.807) is 30.3 Å². The van der Waals surface area contributed by atoms with Crippen molar-refractivity contribution < 1.29 is 9.59 Å². The first-order valence-electron chi connectivity index (χ1n) is 8.04. The number of carbonyl (C=O) groups excluding carboxylic acids is 2. The monoisotopic (exact) mass is 363 g/mol. The highest BCUT2D eigenvalue weighted by molar-refractivity contribution is 6.31. The molecule has 1 aliphatic heterocycles. The molecule has 1 heterocycles. The van der Waals surface area contributed by atoms with Gasteiger partial charge in [-0.1, -0.05) is 41.9 Å². The van der Waals surface area contributed by atoms with Gasteiger partial charge >= 0.3 is 0 Å². The van der Waals surface area contributed by atoms with Crippen LogP contribution in [0.2, 0.25) is 5.02 Å². The second kappa shape index (κ2) is 6.61. The lowest BCUT2D eigenvalue weighted by Gasteiger charge is -2.13. The summed E-state index contributed by atoms with van der Waals surface area (Å²) in [6, 6.07) is 17.3. The summed E-state index contributed by atoms with van der Waals surface area (Å²) in [5.74, 6) is -0.713. The first kappa shape index (κ1) is 16.3. The van der Waals surface area contributed by atoms with Gasteiger partial charge in [0, 0.05) is 16.8 Å². The van der Waals surface area contributed by atoms with E-state index < -0.39 is 6.04 Å². The largest absolute Gasteiger partial charge is 0.336 e. The molecule has 1 atom stereocenters. The molecule has 4 rings (SSSR count). The van der Waals surface area contributed by atoms with Crippen molar-refractivity contribution in [3.63, 3.8) is 0 Å². The van der Waals surface area contributed by atoms with Crippen molar-refractivity contribution in [1.82, 2.24) is 5.32 Å². The van der Waals surface area contributed by atoms with Gasteiger partial charge in [0.25, 0.3) is 11.8 Å². The molecule has 6 heteroatoms. The van der Waals surface area contributed by atoms with Crippen LogP contribution in [0.4, 0.5) is 11.4 Å². The minimum atomic E-state index is -0.875. The third kappa shape index (κ3) is 3.17. The Labute approximate surface area is 154 Å². The Morgan fingerprint density at radius 1 is 1.04 bits per heavy atom. The summed E-state index contributed by atoms with van der Waals surface area (Å²) >= 11 is 5.95. The van der Waals surface area contributed by atoms with Gasteiger partial charge in [-0.05, 0) is 41.1 Å². The maximum atomic E-state index is 12.6. The van der Waals surface area contributed by atoms with Crippen molar-refractivity contribution in [3.8, 4) is 0 Å². The van der Waals surface area contributed by atoms with E-state index in [0.717, 1.165) is 10.8 Å². The lowest BCUT2D eigenvalue weighted by Crippen LogP contribution is -2.44. The van der Waals surface area contributed by atoms with Crippen LogP contribution < -0.4 is 10.6 Å². The minimum Gasteiger partial charge on any atom is -0.336 e. The van der Waals surface area contributed by atoms with Crippen molar-refractivity contribution in [2.45, 2.75) is 6.04 Å². The van der Waals surface area contributed by atoms with Gasteiger partial charge in [0.1, 0.15) is 6.04 Å². The Hall–Kier alpha value is -3.18. The van der Waals surface area contributed by atoms with Gasteiger partial charge in [0.2, 0.25) is 0 Å². The number of amides is 2. The summed E-state index contributed by atoms with van der Waals surface area (Å²) < 4.78 is 0. The van der Waals surface area contributed by atoms with Crippen LogP contribution >= 0.6 is 11.6 Å². The highest BCUT2D eigenvalue weighted by Crippen LogP contribution is 2.29. The molecule has 0 bridgehead atoms. The second-order valence-electron chi connectivity index (χ2n) is 5.94. The molecule has 0 radical (unpaired) electrons. The number of hydrogen-bond acceptors (Lipinski definition) is 3. The molecule has 3 aromatic carbocycles. The molecule has 0 aliphatic carbocycles. The van der Waals surface area contributed by atoms with E-state index in [4.69, 9.17) is 11.6 Å². The number of benzene rings is 3. The molecular weight excluding hydrogens is 350 g/mol. The number of carbonyl (C=O) groups is 2. The highest BCUT2D eigenvalue weighted by atomic mass is 35.5. The quantitative estimate of drug-likeness (QED) is 0.723. The third-order valence-corrected chi connectivity index (χ3v) is 4.39. The van der Waals surface area contributed by atoms with Crippen LogP contribution in [0.5, 0.6) is 0 Å². The lowest BCUT2D eigenvalue weighted by molar-refractivity contribution is -0.116. The van der Waals surface area contributed by atoms with Gasteiger partial charge in [0.15, 0.2) is 0 Å². The van der Waals surface area contributed by atoms with Gasteiger partial charge in [-0.3, -0.25) is 14.6 Å². The van der Waals surface area contributed by atoms with Crippen LogP contribution in [0.3, 0.4) is 0 Å². The summed E-state index contributed by atoms with van der Waals surface area (Å²) in [5.41, 5.74) is 1.58. The van der Waals surface area contributed by atoms with Gasteiger partial charge in [-0.25, -0.2) is 0 Å². The van der Waals surface area contributed by atoms with Crippen molar-refractivity contribution >= 4 is 51.8 Å². The van der Waals surface area contributed by atoms with E-state index >= 15 is 0 Å². The van der Waals surface area contributed by atoms with Crippen molar-refractivity contribution in [2.24, 2.45) is 4.99 Å². The van der Waals surface area contributed by atoms with Crippen LogP contribution in [-0.2, 0) is 4.79 Å². The third-order valence-electron chi connectivity index (χ3n) is 4.16. The Kier molecular flexibility index (Phi) is 4.14. The number of fused-ring (bicyclic) bond motifs is 2. The molecule has 0 saturated heterocycles. The molecular formula is C20H14ClN3O2. The van der Waals surface area contributed by atoms with E-state index in [9.17, 15) is 9.59 Å². The molecule has 2 amide bonds. The van der Waals surface area contributed by atoms with Crippen LogP contribution in [0.25, 0.3) is 10.8 Å².